The molecule has 1 saturated carbocycles. The number of aliphatic hydroxyl groups is 1. The molecule has 2 aromatic rings. The molecular formula is C28H33F2N3O4. The summed E-state index contributed by atoms with van der Waals surface area (Å²) in [4.78, 5) is 25.9. The van der Waals surface area contributed by atoms with Crippen LogP contribution in [0.5, 0.6) is 5.75 Å². The highest BCUT2D eigenvalue weighted by molar-refractivity contribution is 5.95. The monoisotopic (exact) mass is 513 g/mol. The van der Waals surface area contributed by atoms with Crippen molar-refractivity contribution in [2.24, 2.45) is 0 Å². The highest BCUT2D eigenvalue weighted by atomic mass is 19.1. The molecule has 5 rings (SSSR count). The Kier molecular flexibility index (Phi) is 7.18. The van der Waals surface area contributed by atoms with Gasteiger partial charge < -0.3 is 25.4 Å². The fraction of sp³-hybridized carbons (Fsp3) is 0.500. The summed E-state index contributed by atoms with van der Waals surface area (Å²) in [6.07, 6.45) is 4.18. The van der Waals surface area contributed by atoms with Crippen LogP contribution in [0.25, 0.3) is 0 Å². The zero-order valence-corrected chi connectivity index (χ0v) is 20.9. The Labute approximate surface area is 215 Å². The van der Waals surface area contributed by atoms with Gasteiger partial charge >= 0.3 is 0 Å². The van der Waals surface area contributed by atoms with Crippen LogP contribution in [0.2, 0.25) is 0 Å². The minimum Gasteiger partial charge on any atom is -0.487 e. The predicted octanol–water partition coefficient (Wildman–Crippen LogP) is 3.54. The van der Waals surface area contributed by atoms with Crippen LogP contribution >= 0.6 is 0 Å². The first-order valence-corrected chi connectivity index (χ1v) is 13.0. The summed E-state index contributed by atoms with van der Waals surface area (Å²) in [7, 11) is 0. The van der Waals surface area contributed by atoms with Gasteiger partial charge in [-0.25, -0.2) is 8.78 Å². The fourth-order valence-corrected chi connectivity index (χ4v) is 5.74. The minimum absolute atomic E-state index is 0.0760. The van der Waals surface area contributed by atoms with Gasteiger partial charge in [0.05, 0.1) is 12.1 Å². The van der Waals surface area contributed by atoms with Crippen molar-refractivity contribution >= 4 is 17.5 Å². The average molecular weight is 514 g/mol. The van der Waals surface area contributed by atoms with Crippen LogP contribution < -0.4 is 20.3 Å². The number of carbonyl (C=O) groups excluding carboxylic acids is 2. The van der Waals surface area contributed by atoms with Gasteiger partial charge in [0.1, 0.15) is 23.0 Å². The van der Waals surface area contributed by atoms with Crippen molar-refractivity contribution < 1.29 is 28.2 Å². The van der Waals surface area contributed by atoms with Gasteiger partial charge in [-0.1, -0.05) is 0 Å². The molecule has 9 heteroatoms. The Hall–Kier alpha value is -3.04. The molecule has 1 spiro atoms. The SMILES string of the molecule is CC(=O)N[C@@H](Cc1cc(F)cc(F)c1)[C@H](O)CN[C@H]1CC2(CCC2)Oc2ccc(N3CCCC3=O)cc21. The second-order valence-electron chi connectivity index (χ2n) is 10.5. The Morgan fingerprint density at radius 3 is 2.57 bits per heavy atom. The van der Waals surface area contributed by atoms with E-state index in [-0.39, 0.29) is 36.4 Å². The number of rotatable bonds is 8. The number of aliphatic hydroxyl groups excluding tert-OH is 1. The molecule has 3 atom stereocenters. The molecule has 3 aliphatic rings. The zero-order chi connectivity index (χ0) is 26.2. The summed E-state index contributed by atoms with van der Waals surface area (Å²) in [6, 6.07) is 8.18. The second kappa shape index (κ2) is 10.4. The quantitative estimate of drug-likeness (QED) is 0.503. The van der Waals surface area contributed by atoms with Gasteiger partial charge in [-0.2, -0.15) is 0 Å². The summed E-state index contributed by atoms with van der Waals surface area (Å²) in [5.74, 6) is -0.867. The third-order valence-electron chi connectivity index (χ3n) is 7.73. The van der Waals surface area contributed by atoms with E-state index in [4.69, 9.17) is 4.74 Å². The first-order chi connectivity index (χ1) is 17.7. The minimum atomic E-state index is -1.01. The summed E-state index contributed by atoms with van der Waals surface area (Å²) in [5, 5.41) is 17.2. The third-order valence-corrected chi connectivity index (χ3v) is 7.73. The maximum absolute atomic E-state index is 13.7. The number of hydrogen-bond donors (Lipinski definition) is 3. The number of nitrogens with one attached hydrogen (secondary N) is 2. The van der Waals surface area contributed by atoms with Crippen molar-refractivity contribution in [1.29, 1.82) is 0 Å². The molecule has 2 fully saturated rings. The number of anilines is 1. The molecule has 1 aliphatic carbocycles. The van der Waals surface area contributed by atoms with Gasteiger partial charge in [-0.15, -0.1) is 0 Å². The van der Waals surface area contributed by atoms with Crippen LogP contribution in [-0.4, -0.2) is 47.8 Å². The lowest BCUT2D eigenvalue weighted by molar-refractivity contribution is -0.120. The topological polar surface area (TPSA) is 90.9 Å². The molecule has 37 heavy (non-hydrogen) atoms. The number of halogens is 2. The lowest BCUT2D eigenvalue weighted by Gasteiger charge is -2.48. The molecule has 3 N–H and O–H groups in total. The van der Waals surface area contributed by atoms with Crippen molar-refractivity contribution in [1.82, 2.24) is 10.6 Å². The van der Waals surface area contributed by atoms with E-state index in [0.29, 0.717) is 18.5 Å². The maximum Gasteiger partial charge on any atom is 0.227 e. The van der Waals surface area contributed by atoms with Gasteiger partial charge in [-0.3, -0.25) is 9.59 Å². The average Bonchev–Trinajstić information content (AvgIpc) is 3.25. The van der Waals surface area contributed by atoms with E-state index in [1.54, 1.807) is 4.90 Å². The third kappa shape index (κ3) is 5.62. The van der Waals surface area contributed by atoms with Crippen LogP contribution in [0.1, 0.15) is 62.6 Å². The van der Waals surface area contributed by atoms with E-state index in [0.717, 1.165) is 55.2 Å². The number of benzene rings is 2. The van der Waals surface area contributed by atoms with E-state index in [2.05, 4.69) is 10.6 Å². The molecule has 2 aromatic carbocycles. The molecule has 0 radical (unpaired) electrons. The molecule has 198 valence electrons. The van der Waals surface area contributed by atoms with Crippen LogP contribution in [0.15, 0.2) is 36.4 Å². The summed E-state index contributed by atoms with van der Waals surface area (Å²) in [5.41, 5.74) is 1.88. The fourth-order valence-electron chi connectivity index (χ4n) is 5.74. The van der Waals surface area contributed by atoms with E-state index in [9.17, 15) is 23.5 Å². The first kappa shape index (κ1) is 25.6. The number of nitrogens with zero attached hydrogens (tertiary/aromatic N) is 1. The Bertz CT molecular complexity index is 1170. The van der Waals surface area contributed by atoms with Crippen molar-refractivity contribution in [2.75, 3.05) is 18.0 Å². The summed E-state index contributed by atoms with van der Waals surface area (Å²) < 4.78 is 33.8. The Morgan fingerprint density at radius 1 is 1.19 bits per heavy atom. The van der Waals surface area contributed by atoms with Gasteiger partial charge in [0.2, 0.25) is 11.8 Å². The molecule has 2 amide bonds. The normalized spacial score (nSPS) is 21.7. The molecule has 2 heterocycles. The summed E-state index contributed by atoms with van der Waals surface area (Å²) in [6.45, 7) is 2.18. The standard InChI is InChI=1S/C28H33F2N3O4/c1-17(34)32-23(12-18-10-19(29)13-20(30)11-18)25(35)16-31-24-15-28(7-3-8-28)37-26-6-5-21(14-22(24)26)33-9-2-4-27(33)36/h5-6,10-11,13-14,23-25,31,35H,2-4,7-9,12,15-16H2,1H3,(H,32,34)/t23-,24-,25+/m0/s1. The van der Waals surface area contributed by atoms with E-state index in [1.807, 2.05) is 18.2 Å². The number of carbonyl (C=O) groups is 2. The first-order valence-electron chi connectivity index (χ1n) is 13.0. The molecule has 7 nitrogen and oxygen atoms in total. The van der Waals surface area contributed by atoms with E-state index >= 15 is 0 Å². The van der Waals surface area contributed by atoms with Gasteiger partial charge in [0.25, 0.3) is 0 Å². The zero-order valence-electron chi connectivity index (χ0n) is 20.9. The van der Waals surface area contributed by atoms with Crippen LogP contribution in [0.3, 0.4) is 0 Å². The lowest BCUT2D eigenvalue weighted by atomic mass is 9.73. The Balaban J connectivity index is 1.34. The van der Waals surface area contributed by atoms with Crippen molar-refractivity contribution in [3.05, 3.63) is 59.2 Å². The summed E-state index contributed by atoms with van der Waals surface area (Å²) >= 11 is 0. The van der Waals surface area contributed by atoms with E-state index < -0.39 is 23.8 Å². The number of fused-ring (bicyclic) bond motifs is 1. The van der Waals surface area contributed by atoms with Crippen LogP contribution in [0.4, 0.5) is 14.5 Å². The van der Waals surface area contributed by atoms with Crippen LogP contribution in [-0.2, 0) is 16.0 Å². The Morgan fingerprint density at radius 2 is 1.95 bits per heavy atom. The smallest absolute Gasteiger partial charge is 0.227 e. The molecule has 1 saturated heterocycles. The molecular weight excluding hydrogens is 480 g/mol. The van der Waals surface area contributed by atoms with Gasteiger partial charge in [0, 0.05) is 56.2 Å². The van der Waals surface area contributed by atoms with Gasteiger partial charge in [0.15, 0.2) is 0 Å². The largest absolute Gasteiger partial charge is 0.487 e. The predicted molar refractivity (Wildman–Crippen MR) is 134 cm³/mol. The molecule has 0 bridgehead atoms. The highest BCUT2D eigenvalue weighted by Crippen LogP contribution is 2.49. The number of ether oxygens (including phenoxy) is 1. The second-order valence-corrected chi connectivity index (χ2v) is 10.5. The van der Waals surface area contributed by atoms with Gasteiger partial charge in [-0.05, 0) is 68.0 Å². The molecule has 0 aromatic heterocycles. The van der Waals surface area contributed by atoms with Crippen molar-refractivity contribution in [2.45, 2.75) is 75.7 Å². The van der Waals surface area contributed by atoms with Crippen molar-refractivity contribution in [3.8, 4) is 5.75 Å². The molecule has 2 aliphatic heterocycles. The van der Waals surface area contributed by atoms with E-state index in [1.165, 1.54) is 19.1 Å². The number of hydrogen-bond acceptors (Lipinski definition) is 5. The highest BCUT2D eigenvalue weighted by Gasteiger charge is 2.46. The number of amides is 2. The van der Waals surface area contributed by atoms with Crippen LogP contribution in [0, 0.1) is 11.6 Å². The van der Waals surface area contributed by atoms with Crippen molar-refractivity contribution in [3.63, 3.8) is 0 Å². The lowest BCUT2D eigenvalue weighted by Crippen LogP contribution is -2.52. The maximum atomic E-state index is 13.7. The molecule has 0 unspecified atom stereocenters.